The minimum atomic E-state index is -0.570. The van der Waals surface area contributed by atoms with E-state index in [1.54, 1.807) is 12.1 Å². The second kappa shape index (κ2) is 9.97. The molecule has 0 saturated carbocycles. The van der Waals surface area contributed by atoms with Gasteiger partial charge in [-0.05, 0) is 69.5 Å². The molecule has 3 rings (SSSR count). The zero-order chi connectivity index (χ0) is 21.5. The summed E-state index contributed by atoms with van der Waals surface area (Å²) in [6.07, 6.45) is 1.44. The summed E-state index contributed by atoms with van der Waals surface area (Å²) in [6.45, 7) is 0.354. The first-order valence-electron chi connectivity index (χ1n) is 8.84. The molecule has 0 bridgehead atoms. The summed E-state index contributed by atoms with van der Waals surface area (Å²) in [6, 6.07) is 20.9. The number of hydrogen-bond acceptors (Lipinski definition) is 4. The molecule has 0 unspecified atom stereocenters. The molecule has 0 radical (unpaired) electrons. The number of rotatable bonds is 6. The van der Waals surface area contributed by atoms with E-state index in [2.05, 4.69) is 21.2 Å². The lowest BCUT2D eigenvalue weighted by Gasteiger charge is -2.11. The lowest BCUT2D eigenvalue weighted by atomic mass is 10.1. The standard InChI is InChI=1S/C23H16BrClN2O3/c24-20-11-16(12-21(25)22(20)30-14-15-4-2-1-3-5-15)10-17(13-26)23(29)27-18-6-8-19(28)9-7-18/h1-12,28H,14H2,(H,27,29). The van der Waals surface area contributed by atoms with Crippen molar-refractivity contribution in [2.75, 3.05) is 5.32 Å². The number of phenolic OH excluding ortho intramolecular Hbond substituents is 1. The van der Waals surface area contributed by atoms with E-state index in [-0.39, 0.29) is 11.3 Å². The molecule has 0 atom stereocenters. The highest BCUT2D eigenvalue weighted by Crippen LogP contribution is 2.35. The van der Waals surface area contributed by atoms with Crippen LogP contribution >= 0.6 is 27.5 Å². The number of halogens is 2. The molecule has 0 fully saturated rings. The monoisotopic (exact) mass is 482 g/mol. The van der Waals surface area contributed by atoms with Crippen LogP contribution in [0.1, 0.15) is 11.1 Å². The van der Waals surface area contributed by atoms with E-state index in [1.807, 2.05) is 36.4 Å². The van der Waals surface area contributed by atoms with Crippen LogP contribution in [-0.4, -0.2) is 11.0 Å². The summed E-state index contributed by atoms with van der Waals surface area (Å²) in [5.74, 6) is -0.0114. The van der Waals surface area contributed by atoms with Crippen LogP contribution in [0.4, 0.5) is 5.69 Å². The number of phenols is 1. The van der Waals surface area contributed by atoms with Gasteiger partial charge >= 0.3 is 0 Å². The Balaban J connectivity index is 1.76. The second-order valence-corrected chi connectivity index (χ2v) is 7.52. The predicted octanol–water partition coefficient (Wildman–Crippen LogP) is 5.93. The number of benzene rings is 3. The number of carbonyl (C=O) groups is 1. The van der Waals surface area contributed by atoms with E-state index < -0.39 is 5.91 Å². The number of nitriles is 1. The number of nitrogens with zero attached hydrogens (tertiary/aromatic N) is 1. The predicted molar refractivity (Wildman–Crippen MR) is 120 cm³/mol. The Morgan fingerprint density at radius 1 is 1.17 bits per heavy atom. The highest BCUT2D eigenvalue weighted by atomic mass is 79.9. The van der Waals surface area contributed by atoms with Crippen molar-refractivity contribution in [2.45, 2.75) is 6.61 Å². The van der Waals surface area contributed by atoms with Gasteiger partial charge in [0.15, 0.2) is 5.75 Å². The fourth-order valence-corrected chi connectivity index (χ4v) is 3.58. The van der Waals surface area contributed by atoms with Gasteiger partial charge in [-0.15, -0.1) is 0 Å². The maximum atomic E-state index is 12.4. The minimum Gasteiger partial charge on any atom is -0.508 e. The van der Waals surface area contributed by atoms with Crippen molar-refractivity contribution >= 4 is 45.2 Å². The van der Waals surface area contributed by atoms with E-state index in [1.165, 1.54) is 30.3 Å². The first-order valence-corrected chi connectivity index (χ1v) is 10.0. The fourth-order valence-electron chi connectivity index (χ4n) is 2.59. The van der Waals surface area contributed by atoms with Gasteiger partial charge in [0.2, 0.25) is 0 Å². The largest absolute Gasteiger partial charge is 0.508 e. The van der Waals surface area contributed by atoms with Gasteiger partial charge in [-0.3, -0.25) is 4.79 Å². The first kappa shape index (κ1) is 21.4. The molecular weight excluding hydrogens is 468 g/mol. The van der Waals surface area contributed by atoms with Gasteiger partial charge < -0.3 is 15.2 Å². The quantitative estimate of drug-likeness (QED) is 0.258. The van der Waals surface area contributed by atoms with E-state index in [0.717, 1.165) is 5.56 Å². The molecular formula is C23H16BrClN2O3. The molecule has 7 heteroatoms. The Labute approximate surface area is 187 Å². The highest BCUT2D eigenvalue weighted by Gasteiger charge is 2.13. The van der Waals surface area contributed by atoms with Crippen molar-refractivity contribution in [3.8, 4) is 17.6 Å². The third-order valence-corrected chi connectivity index (χ3v) is 4.92. The van der Waals surface area contributed by atoms with Gasteiger partial charge in [0, 0.05) is 5.69 Å². The van der Waals surface area contributed by atoms with E-state index in [4.69, 9.17) is 16.3 Å². The van der Waals surface area contributed by atoms with Crippen molar-refractivity contribution < 1.29 is 14.6 Å². The average Bonchev–Trinajstić information content (AvgIpc) is 2.73. The topological polar surface area (TPSA) is 82.3 Å². The molecule has 2 N–H and O–H groups in total. The Hall–Kier alpha value is -3.27. The lowest BCUT2D eigenvalue weighted by molar-refractivity contribution is -0.112. The molecule has 0 spiro atoms. The molecule has 150 valence electrons. The maximum Gasteiger partial charge on any atom is 0.266 e. The molecule has 0 aliphatic heterocycles. The second-order valence-electron chi connectivity index (χ2n) is 6.26. The molecule has 0 aliphatic rings. The van der Waals surface area contributed by atoms with Gasteiger partial charge in [-0.2, -0.15) is 5.26 Å². The van der Waals surface area contributed by atoms with Gasteiger partial charge in [0.05, 0.1) is 9.50 Å². The van der Waals surface area contributed by atoms with Crippen LogP contribution in [0.25, 0.3) is 6.08 Å². The number of hydrogen-bond donors (Lipinski definition) is 2. The molecule has 0 aromatic heterocycles. The Morgan fingerprint density at radius 3 is 2.50 bits per heavy atom. The average molecular weight is 484 g/mol. The lowest BCUT2D eigenvalue weighted by Crippen LogP contribution is -2.13. The van der Waals surface area contributed by atoms with Gasteiger partial charge in [0.1, 0.15) is 24.0 Å². The van der Waals surface area contributed by atoms with E-state index in [0.29, 0.717) is 33.1 Å². The summed E-state index contributed by atoms with van der Waals surface area (Å²) >= 11 is 9.80. The summed E-state index contributed by atoms with van der Waals surface area (Å²) in [5.41, 5.74) is 1.94. The number of anilines is 1. The third kappa shape index (κ3) is 5.63. The molecule has 3 aromatic rings. The fraction of sp³-hybridized carbons (Fsp3) is 0.0435. The van der Waals surface area contributed by atoms with Crippen molar-refractivity contribution in [3.05, 3.63) is 92.9 Å². The van der Waals surface area contributed by atoms with Crippen LogP contribution in [-0.2, 0) is 11.4 Å². The smallest absolute Gasteiger partial charge is 0.266 e. The zero-order valence-electron chi connectivity index (χ0n) is 15.6. The third-order valence-electron chi connectivity index (χ3n) is 4.05. The summed E-state index contributed by atoms with van der Waals surface area (Å²) in [4.78, 5) is 12.4. The number of carbonyl (C=O) groups excluding carboxylic acids is 1. The molecule has 30 heavy (non-hydrogen) atoms. The van der Waals surface area contributed by atoms with Crippen molar-refractivity contribution in [2.24, 2.45) is 0 Å². The molecule has 5 nitrogen and oxygen atoms in total. The van der Waals surface area contributed by atoms with E-state index in [9.17, 15) is 15.2 Å². The molecule has 1 amide bonds. The Kier molecular flexibility index (Phi) is 7.12. The summed E-state index contributed by atoms with van der Waals surface area (Å²) in [5, 5.41) is 21.7. The highest BCUT2D eigenvalue weighted by molar-refractivity contribution is 9.10. The Morgan fingerprint density at radius 2 is 1.87 bits per heavy atom. The van der Waals surface area contributed by atoms with Gasteiger partial charge in [0.25, 0.3) is 5.91 Å². The number of amides is 1. The van der Waals surface area contributed by atoms with Gasteiger partial charge in [-0.1, -0.05) is 41.9 Å². The van der Waals surface area contributed by atoms with Crippen molar-refractivity contribution in [1.82, 2.24) is 0 Å². The van der Waals surface area contributed by atoms with Crippen molar-refractivity contribution in [3.63, 3.8) is 0 Å². The summed E-state index contributed by atoms with van der Waals surface area (Å²) < 4.78 is 6.42. The van der Waals surface area contributed by atoms with Crippen LogP contribution in [0.2, 0.25) is 5.02 Å². The van der Waals surface area contributed by atoms with Gasteiger partial charge in [-0.25, -0.2) is 0 Å². The Bertz CT molecular complexity index is 1100. The number of nitrogens with one attached hydrogen (secondary N) is 1. The zero-order valence-corrected chi connectivity index (χ0v) is 17.9. The molecule has 0 aliphatic carbocycles. The van der Waals surface area contributed by atoms with Crippen LogP contribution in [0, 0.1) is 11.3 Å². The molecule has 0 heterocycles. The molecule has 3 aromatic carbocycles. The van der Waals surface area contributed by atoms with Crippen LogP contribution in [0.15, 0.2) is 76.8 Å². The van der Waals surface area contributed by atoms with Crippen LogP contribution < -0.4 is 10.1 Å². The normalized spacial score (nSPS) is 10.9. The maximum absolute atomic E-state index is 12.4. The van der Waals surface area contributed by atoms with Crippen LogP contribution in [0.5, 0.6) is 11.5 Å². The van der Waals surface area contributed by atoms with Crippen LogP contribution in [0.3, 0.4) is 0 Å². The first-order chi connectivity index (χ1) is 14.5. The van der Waals surface area contributed by atoms with Crippen molar-refractivity contribution in [1.29, 1.82) is 5.26 Å². The van der Waals surface area contributed by atoms with E-state index >= 15 is 0 Å². The molecule has 0 saturated heterocycles. The SMILES string of the molecule is N#CC(=Cc1cc(Cl)c(OCc2ccccc2)c(Br)c1)C(=O)Nc1ccc(O)cc1. The summed E-state index contributed by atoms with van der Waals surface area (Å²) in [7, 11) is 0. The number of ether oxygens (including phenoxy) is 1. The minimum absolute atomic E-state index is 0.0816. The number of aromatic hydroxyl groups is 1.